The van der Waals surface area contributed by atoms with E-state index in [1.807, 2.05) is 57.0 Å². The SMILES string of the molecule is C/C(=C\c1cc(F)cc(N2CCN(C(=O)[C@@H]3CCOC3)CC2)c1)[C@H]1OC(=O)C[C@H](O)CC[C@H](C)[C@@H](OC(=O)N2CCN(C)CC2)/C=C\[C@@H]1C. The van der Waals surface area contributed by atoms with Gasteiger partial charge in [0.2, 0.25) is 5.91 Å². The summed E-state index contributed by atoms with van der Waals surface area (Å²) in [4.78, 5) is 46.8. The molecule has 1 N–H and O–H groups in total. The van der Waals surface area contributed by atoms with Crippen LogP contribution >= 0.6 is 0 Å². The maximum Gasteiger partial charge on any atom is 0.410 e. The number of nitrogens with zero attached hydrogens (tertiary/aromatic N) is 4. The number of carbonyl (C=O) groups is 3. The van der Waals surface area contributed by atoms with Gasteiger partial charge >= 0.3 is 12.1 Å². The van der Waals surface area contributed by atoms with Gasteiger partial charge in [-0.25, -0.2) is 9.18 Å². The number of hydrogen-bond donors (Lipinski definition) is 1. The summed E-state index contributed by atoms with van der Waals surface area (Å²) < 4.78 is 32.4. The van der Waals surface area contributed by atoms with Gasteiger partial charge in [0.05, 0.1) is 25.0 Å². The number of cyclic esters (lactones) is 1. The monoisotopic (exact) mass is 684 g/mol. The van der Waals surface area contributed by atoms with Gasteiger partial charge < -0.3 is 38.9 Å². The average molecular weight is 685 g/mol. The van der Waals surface area contributed by atoms with Crippen molar-refractivity contribution in [3.8, 4) is 0 Å². The highest BCUT2D eigenvalue weighted by Crippen LogP contribution is 2.28. The van der Waals surface area contributed by atoms with Crippen molar-refractivity contribution in [2.24, 2.45) is 17.8 Å². The van der Waals surface area contributed by atoms with Crippen LogP contribution in [0.1, 0.15) is 52.0 Å². The molecule has 0 bridgehead atoms. The Bertz CT molecular complexity index is 1370. The molecule has 49 heavy (non-hydrogen) atoms. The molecular weight excluding hydrogens is 631 g/mol. The summed E-state index contributed by atoms with van der Waals surface area (Å²) in [7, 11) is 2.03. The Labute approximate surface area is 289 Å². The quantitative estimate of drug-likeness (QED) is 0.364. The smallest absolute Gasteiger partial charge is 0.410 e. The lowest BCUT2D eigenvalue weighted by molar-refractivity contribution is -0.151. The van der Waals surface area contributed by atoms with E-state index in [1.54, 1.807) is 4.90 Å². The fourth-order valence-corrected chi connectivity index (χ4v) is 7.01. The van der Waals surface area contributed by atoms with Gasteiger partial charge in [-0.1, -0.05) is 26.0 Å². The Kier molecular flexibility index (Phi) is 12.7. The number of aliphatic hydroxyl groups excluding tert-OH is 1. The molecule has 0 radical (unpaired) electrons. The van der Waals surface area contributed by atoms with Crippen molar-refractivity contribution >= 4 is 29.7 Å². The molecule has 0 aliphatic carbocycles. The molecule has 3 fully saturated rings. The van der Waals surface area contributed by atoms with Gasteiger partial charge in [0.15, 0.2) is 0 Å². The third kappa shape index (κ3) is 10.0. The molecule has 4 aliphatic rings. The Balaban J connectivity index is 1.30. The Morgan fingerprint density at radius 2 is 1.67 bits per heavy atom. The van der Waals surface area contributed by atoms with Gasteiger partial charge in [0, 0.05) is 70.6 Å². The molecule has 5 rings (SSSR count). The number of hydrogen-bond acceptors (Lipinski definition) is 9. The minimum absolute atomic E-state index is 0.0720. The minimum Gasteiger partial charge on any atom is -0.457 e. The topological polar surface area (TPSA) is 112 Å². The molecule has 12 heteroatoms. The molecule has 0 spiro atoms. The number of ether oxygens (including phenoxy) is 3. The zero-order chi connectivity index (χ0) is 35.1. The van der Waals surface area contributed by atoms with Crippen molar-refractivity contribution < 1.29 is 38.1 Å². The number of carbonyl (C=O) groups excluding carboxylic acids is 3. The molecule has 6 atom stereocenters. The van der Waals surface area contributed by atoms with Crippen molar-refractivity contribution in [3.63, 3.8) is 0 Å². The number of anilines is 1. The first kappa shape index (κ1) is 36.8. The van der Waals surface area contributed by atoms with E-state index in [0.717, 1.165) is 25.2 Å². The molecule has 4 aliphatic heterocycles. The largest absolute Gasteiger partial charge is 0.457 e. The molecule has 270 valence electrons. The molecule has 2 amide bonds. The van der Waals surface area contributed by atoms with E-state index in [0.29, 0.717) is 76.5 Å². The number of likely N-dealkylation sites (N-methyl/N-ethyl adjacent to an activating group) is 1. The number of amides is 2. The van der Waals surface area contributed by atoms with Crippen LogP contribution in [0.3, 0.4) is 0 Å². The summed E-state index contributed by atoms with van der Waals surface area (Å²) in [6.07, 6.45) is 4.70. The van der Waals surface area contributed by atoms with Gasteiger partial charge in [0.1, 0.15) is 18.0 Å². The highest BCUT2D eigenvalue weighted by atomic mass is 19.1. The molecule has 4 heterocycles. The van der Waals surface area contributed by atoms with Crippen LogP contribution in [0, 0.1) is 23.6 Å². The third-order valence-electron chi connectivity index (χ3n) is 10.2. The van der Waals surface area contributed by atoms with Crippen LogP contribution in [0.25, 0.3) is 6.08 Å². The maximum atomic E-state index is 15.0. The first-order chi connectivity index (χ1) is 23.5. The van der Waals surface area contributed by atoms with Crippen LogP contribution in [0.15, 0.2) is 35.9 Å². The molecule has 1 aromatic carbocycles. The van der Waals surface area contributed by atoms with Crippen LogP contribution in [0.2, 0.25) is 0 Å². The zero-order valence-electron chi connectivity index (χ0n) is 29.4. The molecule has 0 unspecified atom stereocenters. The molecule has 0 saturated carbocycles. The summed E-state index contributed by atoms with van der Waals surface area (Å²) in [5.41, 5.74) is 2.06. The predicted octanol–water partition coefficient (Wildman–Crippen LogP) is 3.95. The molecule has 0 aromatic heterocycles. The van der Waals surface area contributed by atoms with E-state index in [9.17, 15) is 23.9 Å². The van der Waals surface area contributed by atoms with Crippen molar-refractivity contribution in [2.45, 2.75) is 64.8 Å². The summed E-state index contributed by atoms with van der Waals surface area (Å²) in [6.45, 7) is 11.9. The van der Waals surface area contributed by atoms with E-state index in [2.05, 4.69) is 9.80 Å². The maximum absolute atomic E-state index is 15.0. The van der Waals surface area contributed by atoms with Gasteiger partial charge in [-0.2, -0.15) is 0 Å². The average Bonchev–Trinajstić information content (AvgIpc) is 3.62. The van der Waals surface area contributed by atoms with E-state index in [4.69, 9.17) is 14.2 Å². The minimum atomic E-state index is -0.888. The number of halogens is 1. The van der Waals surface area contributed by atoms with Crippen molar-refractivity contribution in [2.75, 3.05) is 77.5 Å². The van der Waals surface area contributed by atoms with E-state index >= 15 is 0 Å². The van der Waals surface area contributed by atoms with Gasteiger partial charge in [0.25, 0.3) is 0 Å². The molecule has 3 saturated heterocycles. The number of piperazine rings is 2. The van der Waals surface area contributed by atoms with Crippen molar-refractivity contribution in [1.82, 2.24) is 14.7 Å². The number of esters is 1. The second-order valence-corrected chi connectivity index (χ2v) is 14.2. The Morgan fingerprint density at radius 1 is 0.959 bits per heavy atom. The fraction of sp³-hybridized carbons (Fsp3) is 0.649. The summed E-state index contributed by atoms with van der Waals surface area (Å²) in [5.74, 6) is -1.22. The third-order valence-corrected chi connectivity index (χ3v) is 10.2. The normalized spacial score (nSPS) is 30.3. The zero-order valence-corrected chi connectivity index (χ0v) is 29.4. The van der Waals surface area contributed by atoms with E-state index < -0.39 is 24.3 Å². The first-order valence-electron chi connectivity index (χ1n) is 17.8. The summed E-state index contributed by atoms with van der Waals surface area (Å²) >= 11 is 0. The number of benzene rings is 1. The van der Waals surface area contributed by atoms with Crippen LogP contribution in [-0.2, 0) is 23.8 Å². The highest BCUT2D eigenvalue weighted by Gasteiger charge is 2.31. The van der Waals surface area contributed by atoms with Gasteiger partial charge in [-0.15, -0.1) is 0 Å². The predicted molar refractivity (Wildman–Crippen MR) is 184 cm³/mol. The van der Waals surface area contributed by atoms with Crippen molar-refractivity contribution in [3.05, 3.63) is 47.3 Å². The van der Waals surface area contributed by atoms with Crippen LogP contribution in [0.5, 0.6) is 0 Å². The molecule has 11 nitrogen and oxygen atoms in total. The van der Waals surface area contributed by atoms with Crippen LogP contribution in [0.4, 0.5) is 14.9 Å². The fourth-order valence-electron chi connectivity index (χ4n) is 7.01. The van der Waals surface area contributed by atoms with Gasteiger partial charge in [-0.3, -0.25) is 9.59 Å². The number of aliphatic hydroxyl groups is 1. The summed E-state index contributed by atoms with van der Waals surface area (Å²) in [5, 5.41) is 10.7. The van der Waals surface area contributed by atoms with Crippen molar-refractivity contribution in [1.29, 1.82) is 0 Å². The van der Waals surface area contributed by atoms with Crippen LogP contribution < -0.4 is 4.90 Å². The van der Waals surface area contributed by atoms with E-state index in [-0.39, 0.29) is 42.0 Å². The number of rotatable bonds is 5. The summed E-state index contributed by atoms with van der Waals surface area (Å²) in [6, 6.07) is 4.86. The lowest BCUT2D eigenvalue weighted by Crippen LogP contribution is -2.50. The lowest BCUT2D eigenvalue weighted by Gasteiger charge is -2.37. The lowest BCUT2D eigenvalue weighted by atomic mass is 9.91. The second kappa shape index (κ2) is 17.0. The second-order valence-electron chi connectivity index (χ2n) is 14.2. The van der Waals surface area contributed by atoms with Crippen LogP contribution in [-0.4, -0.2) is 129 Å². The molecule has 1 aromatic rings. The Morgan fingerprint density at radius 3 is 2.37 bits per heavy atom. The standard InChI is InChI=1S/C37H53FN4O7/c1-25-5-7-32(43)23-34(44)49-35(26(2)6-8-33(25)48-37(46)42-12-10-39(4)11-13-42)27(3)19-28-20-30(38)22-31(21-28)40-14-16-41(17-15-40)36(45)29-9-18-47-24-29/h6,8,19-22,25-26,29,32-33,35,43H,5,7,9-18,23-24H2,1-4H3/b8-6-,27-19+/t25-,26-,29+,32+,33-,35-/m0/s1. The molecular formula is C37H53FN4O7. The first-order valence-corrected chi connectivity index (χ1v) is 17.8. The Hall–Kier alpha value is -3.48. The highest BCUT2D eigenvalue weighted by molar-refractivity contribution is 5.79. The van der Waals surface area contributed by atoms with E-state index in [1.165, 1.54) is 12.1 Å². The van der Waals surface area contributed by atoms with Gasteiger partial charge in [-0.05, 0) is 74.6 Å².